The van der Waals surface area contributed by atoms with Gasteiger partial charge in [-0.25, -0.2) is 9.78 Å². The van der Waals surface area contributed by atoms with E-state index in [-0.39, 0.29) is 22.2 Å². The fraction of sp³-hybridized carbons (Fsp3) is 0. The summed E-state index contributed by atoms with van der Waals surface area (Å²) in [7, 11) is 0. The largest absolute Gasteiger partial charge is 0.403 e. The molecule has 1 aromatic heterocycles. The summed E-state index contributed by atoms with van der Waals surface area (Å²) in [6, 6.07) is 25.4. The fourth-order valence-electron chi connectivity index (χ4n) is 3.50. The van der Waals surface area contributed by atoms with E-state index in [1.165, 1.54) is 0 Å². The second-order valence-corrected chi connectivity index (χ2v) is 7.41. The van der Waals surface area contributed by atoms with Gasteiger partial charge in [0.1, 0.15) is 5.39 Å². The van der Waals surface area contributed by atoms with Gasteiger partial charge in [-0.15, -0.1) is 0 Å². The monoisotopic (exact) mass is 426 g/mol. The van der Waals surface area contributed by atoms with Crippen molar-refractivity contribution >= 4 is 44.9 Å². The Balaban J connectivity index is 1.54. The summed E-state index contributed by atoms with van der Waals surface area (Å²) in [6.07, 6.45) is 0. The average molecular weight is 427 g/mol. The number of amides is 1. The molecule has 0 unspecified atom stereocenters. The molecule has 5 aromatic rings. The Morgan fingerprint density at radius 2 is 1.65 bits per heavy atom. The van der Waals surface area contributed by atoms with Crippen LogP contribution in [0.1, 0.15) is 10.4 Å². The van der Waals surface area contributed by atoms with Crippen LogP contribution in [-0.2, 0) is 0 Å². The Morgan fingerprint density at radius 3 is 2.52 bits per heavy atom. The fourth-order valence-corrected chi connectivity index (χ4v) is 3.74. The highest BCUT2D eigenvalue weighted by molar-refractivity contribution is 6.35. The van der Waals surface area contributed by atoms with Gasteiger partial charge >= 0.3 is 5.63 Å². The Labute approximate surface area is 181 Å². The number of anilines is 1. The molecule has 31 heavy (non-hydrogen) atoms. The highest BCUT2D eigenvalue weighted by atomic mass is 35.5. The van der Waals surface area contributed by atoms with Crippen LogP contribution >= 0.6 is 11.6 Å². The van der Waals surface area contributed by atoms with Crippen LogP contribution in [0.4, 0.5) is 5.69 Å². The molecule has 0 saturated heterocycles. The van der Waals surface area contributed by atoms with Crippen LogP contribution in [0.15, 0.2) is 94.1 Å². The van der Waals surface area contributed by atoms with Crippen molar-refractivity contribution in [3.8, 4) is 11.5 Å². The summed E-state index contributed by atoms with van der Waals surface area (Å²) in [5.74, 6) is -0.168. The normalized spacial score (nSPS) is 11.0. The number of hydrogen-bond donors (Lipinski definition) is 1. The number of nitrogens with one attached hydrogen (secondary N) is 1. The van der Waals surface area contributed by atoms with Crippen molar-refractivity contribution in [1.82, 2.24) is 4.98 Å². The van der Waals surface area contributed by atoms with Gasteiger partial charge in [-0.05, 0) is 47.2 Å². The molecule has 0 radical (unpaired) electrons. The highest BCUT2D eigenvalue weighted by Gasteiger charge is 2.16. The van der Waals surface area contributed by atoms with Crippen LogP contribution in [0.5, 0.6) is 0 Å². The van der Waals surface area contributed by atoms with E-state index in [0.717, 1.165) is 10.8 Å². The lowest BCUT2D eigenvalue weighted by Crippen LogP contribution is -2.13. The molecule has 0 atom stereocenters. The van der Waals surface area contributed by atoms with Gasteiger partial charge in [0, 0.05) is 5.56 Å². The number of rotatable bonds is 3. The number of halogens is 1. The van der Waals surface area contributed by atoms with Crippen molar-refractivity contribution in [1.29, 1.82) is 0 Å². The smallest absolute Gasteiger partial charge is 0.348 e. The van der Waals surface area contributed by atoms with E-state index in [4.69, 9.17) is 16.0 Å². The van der Waals surface area contributed by atoms with E-state index >= 15 is 0 Å². The maximum Gasteiger partial charge on any atom is 0.348 e. The molecule has 6 heteroatoms. The van der Waals surface area contributed by atoms with Gasteiger partial charge in [0.05, 0.1) is 21.8 Å². The number of fused-ring (bicyclic) bond motifs is 2. The molecular weight excluding hydrogens is 412 g/mol. The minimum atomic E-state index is -0.582. The lowest BCUT2D eigenvalue weighted by atomic mass is 10.1. The molecule has 0 spiro atoms. The quantitative estimate of drug-likeness (QED) is 0.389. The van der Waals surface area contributed by atoms with Gasteiger partial charge in [0.25, 0.3) is 5.91 Å². The molecule has 150 valence electrons. The molecule has 0 saturated carbocycles. The minimum absolute atomic E-state index is 0.106. The van der Waals surface area contributed by atoms with Crippen molar-refractivity contribution in [2.24, 2.45) is 0 Å². The van der Waals surface area contributed by atoms with Crippen LogP contribution in [0.25, 0.3) is 33.1 Å². The predicted octanol–water partition coefficient (Wildman–Crippen LogP) is 5.91. The van der Waals surface area contributed by atoms with Gasteiger partial charge in [0.15, 0.2) is 0 Å². The van der Waals surface area contributed by atoms with Gasteiger partial charge in [-0.1, -0.05) is 60.1 Å². The van der Waals surface area contributed by atoms with Crippen LogP contribution < -0.4 is 10.9 Å². The summed E-state index contributed by atoms with van der Waals surface area (Å²) in [6.45, 7) is 0. The van der Waals surface area contributed by atoms with Gasteiger partial charge in [-0.2, -0.15) is 0 Å². The second kappa shape index (κ2) is 7.70. The van der Waals surface area contributed by atoms with E-state index in [2.05, 4.69) is 10.3 Å². The Hall–Kier alpha value is -3.96. The van der Waals surface area contributed by atoms with Crippen molar-refractivity contribution < 1.29 is 9.21 Å². The summed E-state index contributed by atoms with van der Waals surface area (Å²) in [5, 5.41) is 5.44. The number of para-hydroxylation sites is 1. The average Bonchev–Trinajstić information content (AvgIpc) is 2.79. The molecule has 1 amide bonds. The Kier molecular flexibility index (Phi) is 4.73. The van der Waals surface area contributed by atoms with Crippen molar-refractivity contribution in [2.45, 2.75) is 0 Å². The lowest BCUT2D eigenvalue weighted by molar-refractivity contribution is 0.102. The number of carbonyl (C=O) groups excluding carboxylic acids is 1. The molecule has 1 N–H and O–H groups in total. The zero-order chi connectivity index (χ0) is 21.4. The van der Waals surface area contributed by atoms with E-state index in [9.17, 15) is 9.59 Å². The first kappa shape index (κ1) is 19.0. The van der Waals surface area contributed by atoms with Gasteiger partial charge in [-0.3, -0.25) is 4.79 Å². The molecule has 0 aliphatic rings. The van der Waals surface area contributed by atoms with Crippen molar-refractivity contribution in [3.05, 3.63) is 106 Å². The molecular formula is C25H15ClN2O3. The number of hydrogen-bond acceptors (Lipinski definition) is 4. The molecule has 0 aliphatic heterocycles. The van der Waals surface area contributed by atoms with Gasteiger partial charge in [0.2, 0.25) is 5.89 Å². The summed E-state index contributed by atoms with van der Waals surface area (Å²) >= 11 is 6.11. The second-order valence-electron chi connectivity index (χ2n) is 7.00. The van der Waals surface area contributed by atoms with Crippen LogP contribution in [0, 0.1) is 0 Å². The minimum Gasteiger partial charge on any atom is -0.403 e. The summed E-state index contributed by atoms with van der Waals surface area (Å²) in [5.41, 5.74) is 1.34. The van der Waals surface area contributed by atoms with E-state index < -0.39 is 5.63 Å². The third-order valence-corrected chi connectivity index (χ3v) is 5.34. The van der Waals surface area contributed by atoms with Crippen LogP contribution in [-0.4, -0.2) is 10.9 Å². The van der Waals surface area contributed by atoms with Crippen molar-refractivity contribution in [2.75, 3.05) is 5.32 Å². The topological polar surface area (TPSA) is 72.2 Å². The molecule has 1 heterocycles. The SMILES string of the molecule is O=C(Nc1ccccc1-c1nc2cccc(Cl)c2c(=O)o1)c1ccc2ccccc2c1. The molecule has 5 nitrogen and oxygen atoms in total. The first-order valence-electron chi connectivity index (χ1n) is 9.59. The maximum atomic E-state index is 12.9. The predicted molar refractivity (Wildman–Crippen MR) is 123 cm³/mol. The lowest BCUT2D eigenvalue weighted by Gasteiger charge is -2.11. The molecule has 0 bridgehead atoms. The molecule has 4 aromatic carbocycles. The van der Waals surface area contributed by atoms with E-state index in [0.29, 0.717) is 22.3 Å². The van der Waals surface area contributed by atoms with Crippen LogP contribution in [0.3, 0.4) is 0 Å². The molecule has 5 rings (SSSR count). The third-order valence-electron chi connectivity index (χ3n) is 5.02. The highest BCUT2D eigenvalue weighted by Crippen LogP contribution is 2.29. The van der Waals surface area contributed by atoms with E-state index in [1.807, 2.05) is 36.4 Å². The Bertz CT molecular complexity index is 1520. The van der Waals surface area contributed by atoms with Crippen LogP contribution in [0.2, 0.25) is 5.02 Å². The number of carbonyl (C=O) groups is 1. The van der Waals surface area contributed by atoms with E-state index in [1.54, 1.807) is 48.5 Å². The standard InChI is InChI=1S/C25H15ClN2O3/c26-19-9-5-11-21-22(19)25(30)31-24(28-21)18-8-3-4-10-20(18)27-23(29)17-13-12-15-6-1-2-7-16(15)14-17/h1-14H,(H,27,29). The number of aromatic nitrogens is 1. The van der Waals surface area contributed by atoms with Gasteiger partial charge < -0.3 is 9.73 Å². The van der Waals surface area contributed by atoms with Crippen molar-refractivity contribution in [3.63, 3.8) is 0 Å². The number of nitrogens with zero attached hydrogens (tertiary/aromatic N) is 1. The Morgan fingerprint density at radius 1 is 0.871 bits per heavy atom. The zero-order valence-corrected chi connectivity index (χ0v) is 16.9. The third kappa shape index (κ3) is 3.56. The number of benzene rings is 4. The summed E-state index contributed by atoms with van der Waals surface area (Å²) < 4.78 is 5.44. The molecule has 0 fully saturated rings. The molecule has 0 aliphatic carbocycles. The zero-order valence-electron chi connectivity index (χ0n) is 16.1. The first-order valence-corrected chi connectivity index (χ1v) is 9.97. The maximum absolute atomic E-state index is 12.9. The first-order chi connectivity index (χ1) is 15.1. The summed E-state index contributed by atoms with van der Waals surface area (Å²) in [4.78, 5) is 29.9.